The second-order valence-corrected chi connectivity index (χ2v) is 2.98. The van der Waals surface area contributed by atoms with Crippen LogP contribution in [-0.2, 0) is 14.3 Å². The van der Waals surface area contributed by atoms with Crippen LogP contribution < -0.4 is 0 Å². The van der Waals surface area contributed by atoms with Crippen LogP contribution in [-0.4, -0.2) is 18.4 Å². The van der Waals surface area contributed by atoms with Crippen molar-refractivity contribution in [3.8, 4) is 0 Å². The van der Waals surface area contributed by atoms with Crippen LogP contribution in [0, 0.1) is 5.92 Å². The zero-order valence-corrected chi connectivity index (χ0v) is 8.63. The Labute approximate surface area is 79.5 Å². The lowest BCUT2D eigenvalue weighted by Crippen LogP contribution is -2.25. The smallest absolute Gasteiger partial charge is 0.374 e. The maximum absolute atomic E-state index is 11.4. The van der Waals surface area contributed by atoms with Gasteiger partial charge in [-0.3, -0.25) is 4.79 Å². The normalized spacial score (nSPS) is 12.2. The number of carbonyl (C=O) groups is 2. The molecule has 0 rings (SSSR count). The molecule has 3 heteroatoms. The summed E-state index contributed by atoms with van der Waals surface area (Å²) < 4.78 is 4.64. The van der Waals surface area contributed by atoms with Crippen LogP contribution in [0.25, 0.3) is 0 Å². The van der Waals surface area contributed by atoms with E-state index in [-0.39, 0.29) is 18.3 Å². The van der Waals surface area contributed by atoms with Crippen LogP contribution in [0.4, 0.5) is 0 Å². The van der Waals surface area contributed by atoms with Crippen molar-refractivity contribution in [2.75, 3.05) is 6.61 Å². The molecule has 1 atom stereocenters. The highest BCUT2D eigenvalue weighted by Gasteiger charge is 2.23. The molecule has 0 saturated heterocycles. The third-order valence-corrected chi connectivity index (χ3v) is 1.98. The summed E-state index contributed by atoms with van der Waals surface area (Å²) in [6, 6.07) is 0. The Morgan fingerprint density at radius 2 is 1.85 bits per heavy atom. The fourth-order valence-corrected chi connectivity index (χ4v) is 1.24. The number of hydrogen-bond donors (Lipinski definition) is 0. The zero-order valence-electron chi connectivity index (χ0n) is 8.63. The third-order valence-electron chi connectivity index (χ3n) is 1.98. The predicted molar refractivity (Wildman–Crippen MR) is 50.3 cm³/mol. The van der Waals surface area contributed by atoms with E-state index in [4.69, 9.17) is 0 Å². The summed E-state index contributed by atoms with van der Waals surface area (Å²) in [6.07, 6.45) is 2.41. The average molecular weight is 186 g/mol. The summed E-state index contributed by atoms with van der Waals surface area (Å²) in [5, 5.41) is 0. The van der Waals surface area contributed by atoms with Gasteiger partial charge in [0, 0.05) is 5.92 Å². The molecule has 0 aromatic rings. The van der Waals surface area contributed by atoms with Crippen LogP contribution in [0.1, 0.15) is 40.0 Å². The summed E-state index contributed by atoms with van der Waals surface area (Å²) in [5.74, 6) is -1.20. The van der Waals surface area contributed by atoms with Gasteiger partial charge in [0.1, 0.15) is 0 Å². The van der Waals surface area contributed by atoms with Crippen molar-refractivity contribution in [2.45, 2.75) is 40.0 Å². The molecule has 0 saturated carbocycles. The molecular formula is C10H18O3. The molecule has 0 radical (unpaired) electrons. The summed E-state index contributed by atoms with van der Waals surface area (Å²) in [4.78, 5) is 22.4. The second-order valence-electron chi connectivity index (χ2n) is 2.98. The predicted octanol–water partition coefficient (Wildman–Crippen LogP) is 1.94. The number of carbonyl (C=O) groups excluding carboxylic acids is 2. The molecule has 0 aliphatic heterocycles. The summed E-state index contributed by atoms with van der Waals surface area (Å²) >= 11 is 0. The molecular weight excluding hydrogens is 168 g/mol. The minimum Gasteiger partial charge on any atom is -0.460 e. The molecule has 0 aliphatic rings. The van der Waals surface area contributed by atoms with E-state index in [2.05, 4.69) is 4.74 Å². The highest BCUT2D eigenvalue weighted by atomic mass is 16.5. The zero-order chi connectivity index (χ0) is 10.3. The highest BCUT2D eigenvalue weighted by Crippen LogP contribution is 2.12. The molecule has 0 bridgehead atoms. The topological polar surface area (TPSA) is 43.4 Å². The van der Waals surface area contributed by atoms with Crippen molar-refractivity contribution in [1.29, 1.82) is 0 Å². The van der Waals surface area contributed by atoms with Gasteiger partial charge in [-0.15, -0.1) is 0 Å². The molecule has 0 spiro atoms. The molecule has 0 aliphatic carbocycles. The Morgan fingerprint density at radius 1 is 1.23 bits per heavy atom. The molecule has 3 nitrogen and oxygen atoms in total. The second kappa shape index (κ2) is 6.63. The number of hydrogen-bond acceptors (Lipinski definition) is 3. The highest BCUT2D eigenvalue weighted by molar-refractivity contribution is 6.34. The monoisotopic (exact) mass is 186 g/mol. The van der Waals surface area contributed by atoms with Crippen molar-refractivity contribution < 1.29 is 14.3 Å². The number of ketones is 1. The Balaban J connectivity index is 4.11. The lowest BCUT2D eigenvalue weighted by Gasteiger charge is -2.10. The van der Waals surface area contributed by atoms with Gasteiger partial charge < -0.3 is 4.74 Å². The van der Waals surface area contributed by atoms with E-state index in [0.717, 1.165) is 12.8 Å². The van der Waals surface area contributed by atoms with E-state index >= 15 is 0 Å². The van der Waals surface area contributed by atoms with Gasteiger partial charge in [-0.25, -0.2) is 4.79 Å². The van der Waals surface area contributed by atoms with E-state index in [9.17, 15) is 9.59 Å². The number of ether oxygens (including phenoxy) is 1. The van der Waals surface area contributed by atoms with Crippen molar-refractivity contribution >= 4 is 11.8 Å². The molecule has 0 amide bonds. The number of Topliss-reactive ketones (excluding diaryl/α,β-unsaturated/α-hetero) is 1. The van der Waals surface area contributed by atoms with Gasteiger partial charge in [-0.1, -0.05) is 20.3 Å². The fraction of sp³-hybridized carbons (Fsp3) is 0.800. The average Bonchev–Trinajstić information content (AvgIpc) is 2.13. The van der Waals surface area contributed by atoms with Crippen molar-refractivity contribution in [2.24, 2.45) is 5.92 Å². The Morgan fingerprint density at radius 3 is 2.23 bits per heavy atom. The Bertz CT molecular complexity index is 175. The van der Waals surface area contributed by atoms with Crippen molar-refractivity contribution in [3.63, 3.8) is 0 Å². The maximum Gasteiger partial charge on any atom is 0.374 e. The quantitative estimate of drug-likeness (QED) is 0.470. The minimum absolute atomic E-state index is 0.149. The lowest BCUT2D eigenvalue weighted by molar-refractivity contribution is -0.155. The first-order chi connectivity index (χ1) is 6.17. The van der Waals surface area contributed by atoms with Crippen molar-refractivity contribution in [3.05, 3.63) is 0 Å². The molecule has 0 fully saturated rings. The summed E-state index contributed by atoms with van der Waals surface area (Å²) in [7, 11) is 0. The van der Waals surface area contributed by atoms with Crippen LogP contribution >= 0.6 is 0 Å². The standard InChI is InChI=1S/C10H18O3/c1-4-7-8(5-2)9(11)10(12)13-6-3/h8H,4-7H2,1-3H3. The molecule has 0 N–H and O–H groups in total. The number of rotatable bonds is 6. The van der Waals surface area contributed by atoms with E-state index in [0.29, 0.717) is 6.42 Å². The van der Waals surface area contributed by atoms with E-state index < -0.39 is 5.97 Å². The van der Waals surface area contributed by atoms with Crippen LogP contribution in [0.2, 0.25) is 0 Å². The van der Waals surface area contributed by atoms with E-state index in [1.54, 1.807) is 6.92 Å². The van der Waals surface area contributed by atoms with Crippen LogP contribution in [0.5, 0.6) is 0 Å². The maximum atomic E-state index is 11.4. The minimum atomic E-state index is -0.678. The SMILES string of the molecule is CCCC(CC)C(=O)C(=O)OCC. The van der Waals surface area contributed by atoms with Crippen LogP contribution in [0.3, 0.4) is 0 Å². The molecule has 76 valence electrons. The largest absolute Gasteiger partial charge is 0.460 e. The molecule has 0 heterocycles. The van der Waals surface area contributed by atoms with E-state index in [1.807, 2.05) is 13.8 Å². The fourth-order valence-electron chi connectivity index (χ4n) is 1.24. The van der Waals surface area contributed by atoms with Gasteiger partial charge in [-0.05, 0) is 19.8 Å². The molecule has 1 unspecified atom stereocenters. The van der Waals surface area contributed by atoms with Gasteiger partial charge in [0.25, 0.3) is 0 Å². The lowest BCUT2D eigenvalue weighted by atomic mass is 9.96. The van der Waals surface area contributed by atoms with Crippen molar-refractivity contribution in [1.82, 2.24) is 0 Å². The summed E-state index contributed by atoms with van der Waals surface area (Å²) in [5.41, 5.74) is 0. The molecule has 0 aromatic heterocycles. The van der Waals surface area contributed by atoms with Gasteiger partial charge in [0.2, 0.25) is 5.78 Å². The first kappa shape index (κ1) is 12.1. The third kappa shape index (κ3) is 4.06. The van der Waals surface area contributed by atoms with Gasteiger partial charge in [-0.2, -0.15) is 0 Å². The van der Waals surface area contributed by atoms with Gasteiger partial charge in [0.15, 0.2) is 0 Å². The van der Waals surface area contributed by atoms with Crippen LogP contribution in [0.15, 0.2) is 0 Å². The van der Waals surface area contributed by atoms with Gasteiger partial charge in [0.05, 0.1) is 6.61 Å². The van der Waals surface area contributed by atoms with Gasteiger partial charge >= 0.3 is 5.97 Å². The Kier molecular flexibility index (Phi) is 6.20. The first-order valence-electron chi connectivity index (χ1n) is 4.88. The molecule has 13 heavy (non-hydrogen) atoms. The Hall–Kier alpha value is -0.860. The molecule has 0 aromatic carbocycles. The number of esters is 1. The summed E-state index contributed by atoms with van der Waals surface area (Å²) in [6.45, 7) is 5.89. The first-order valence-corrected chi connectivity index (χ1v) is 4.88. The van der Waals surface area contributed by atoms with E-state index in [1.165, 1.54) is 0 Å².